The summed E-state index contributed by atoms with van der Waals surface area (Å²) in [5.74, 6) is -0.821. The molecule has 0 fully saturated rings. The molecule has 144 valence electrons. The Morgan fingerprint density at radius 1 is 0.963 bits per heavy atom. The van der Waals surface area contributed by atoms with E-state index in [1.54, 1.807) is 12.1 Å². The normalized spacial score (nSPS) is 11.3. The van der Waals surface area contributed by atoms with Crippen LogP contribution in [0.5, 0.6) is 0 Å². The summed E-state index contributed by atoms with van der Waals surface area (Å²) in [7, 11) is 3.77. The highest BCUT2D eigenvalue weighted by molar-refractivity contribution is 6.06. The number of amides is 2. The molecular formula is C19H20F3N3O2. The van der Waals surface area contributed by atoms with E-state index in [0.717, 1.165) is 12.1 Å². The molecule has 27 heavy (non-hydrogen) atoms. The smallest absolute Gasteiger partial charge is 0.351 e. The molecule has 0 saturated heterocycles. The first-order valence-electron chi connectivity index (χ1n) is 8.18. The molecule has 2 rings (SSSR count). The topological polar surface area (TPSA) is 61.4 Å². The molecule has 8 heteroatoms. The van der Waals surface area contributed by atoms with Crippen molar-refractivity contribution in [3.8, 4) is 0 Å². The van der Waals surface area contributed by atoms with Crippen molar-refractivity contribution in [2.75, 3.05) is 32.5 Å². The van der Waals surface area contributed by atoms with Crippen molar-refractivity contribution in [3.05, 3.63) is 65.2 Å². The highest BCUT2D eigenvalue weighted by Crippen LogP contribution is 2.29. The molecule has 5 nitrogen and oxygen atoms in total. The van der Waals surface area contributed by atoms with Crippen LogP contribution < -0.4 is 10.6 Å². The molecule has 2 N–H and O–H groups in total. The first kappa shape index (κ1) is 20.4. The molecule has 0 aliphatic carbocycles. The maximum absolute atomic E-state index is 12.6. The van der Waals surface area contributed by atoms with Gasteiger partial charge in [-0.05, 0) is 56.6 Å². The molecule has 0 aromatic heterocycles. The van der Waals surface area contributed by atoms with Crippen LogP contribution in [-0.4, -0.2) is 43.9 Å². The Morgan fingerprint density at radius 2 is 1.56 bits per heavy atom. The van der Waals surface area contributed by atoms with Crippen LogP contribution in [0, 0.1) is 0 Å². The molecule has 0 unspecified atom stereocenters. The van der Waals surface area contributed by atoms with Crippen LogP contribution in [0.1, 0.15) is 26.3 Å². The Hall–Kier alpha value is -2.87. The van der Waals surface area contributed by atoms with Gasteiger partial charge < -0.3 is 15.5 Å². The van der Waals surface area contributed by atoms with Gasteiger partial charge in [0, 0.05) is 29.9 Å². The maximum atomic E-state index is 12.6. The lowest BCUT2D eigenvalue weighted by Crippen LogP contribution is -2.31. The Kier molecular flexibility index (Phi) is 6.57. The molecule has 0 aliphatic heterocycles. The third kappa shape index (κ3) is 6.10. The van der Waals surface area contributed by atoms with Gasteiger partial charge in [-0.3, -0.25) is 9.59 Å². The van der Waals surface area contributed by atoms with Gasteiger partial charge in [-0.2, -0.15) is 13.2 Å². The lowest BCUT2D eigenvalue weighted by atomic mass is 10.1. The molecular weight excluding hydrogens is 359 g/mol. The minimum Gasteiger partial charge on any atom is -0.351 e. The van der Waals surface area contributed by atoms with Crippen molar-refractivity contribution in [1.82, 2.24) is 10.2 Å². The first-order valence-corrected chi connectivity index (χ1v) is 8.18. The maximum Gasteiger partial charge on any atom is 0.416 e. The highest BCUT2D eigenvalue weighted by atomic mass is 19.4. The molecule has 0 saturated carbocycles. The van der Waals surface area contributed by atoms with E-state index in [0.29, 0.717) is 18.7 Å². The third-order valence-corrected chi connectivity index (χ3v) is 3.70. The second-order valence-electron chi connectivity index (χ2n) is 6.17. The number of likely N-dealkylation sites (N-methyl/N-ethyl adjacent to an activating group) is 1. The number of alkyl halides is 3. The average Bonchev–Trinajstić information content (AvgIpc) is 2.61. The summed E-state index contributed by atoms with van der Waals surface area (Å²) < 4.78 is 37.7. The van der Waals surface area contributed by atoms with Crippen LogP contribution in [0.2, 0.25) is 0 Å². The molecule has 0 bridgehead atoms. The van der Waals surface area contributed by atoms with Gasteiger partial charge in [-0.25, -0.2) is 0 Å². The summed E-state index contributed by atoms with van der Waals surface area (Å²) >= 11 is 0. The van der Waals surface area contributed by atoms with Gasteiger partial charge >= 0.3 is 6.18 Å². The van der Waals surface area contributed by atoms with Crippen molar-refractivity contribution >= 4 is 17.5 Å². The molecule has 0 atom stereocenters. The van der Waals surface area contributed by atoms with Gasteiger partial charge in [0.1, 0.15) is 0 Å². The number of anilines is 1. The number of nitrogens with one attached hydrogen (secondary N) is 2. The van der Waals surface area contributed by atoms with E-state index in [1.807, 2.05) is 19.0 Å². The van der Waals surface area contributed by atoms with E-state index in [1.165, 1.54) is 24.3 Å². The standard InChI is InChI=1S/C19H20F3N3O2/c1-25(2)11-10-23-17(26)13-4-3-5-14(12-13)18(27)24-16-8-6-15(7-9-16)19(20,21)22/h3-9,12H,10-11H2,1-2H3,(H,23,26)(H,24,27). The fraction of sp³-hybridized carbons (Fsp3) is 0.263. The fourth-order valence-electron chi connectivity index (χ4n) is 2.24. The van der Waals surface area contributed by atoms with Crippen LogP contribution in [0.4, 0.5) is 18.9 Å². The van der Waals surface area contributed by atoms with E-state index >= 15 is 0 Å². The quantitative estimate of drug-likeness (QED) is 0.810. The SMILES string of the molecule is CN(C)CCNC(=O)c1cccc(C(=O)Nc2ccc(C(F)(F)F)cc2)c1. The zero-order chi connectivity index (χ0) is 20.0. The van der Waals surface area contributed by atoms with Gasteiger partial charge in [0.05, 0.1) is 5.56 Å². The largest absolute Gasteiger partial charge is 0.416 e. The number of halogens is 3. The lowest BCUT2D eigenvalue weighted by Gasteiger charge is -2.11. The van der Waals surface area contributed by atoms with Crippen LogP contribution in [0.15, 0.2) is 48.5 Å². The van der Waals surface area contributed by atoms with Crippen LogP contribution in [0.25, 0.3) is 0 Å². The van der Waals surface area contributed by atoms with E-state index < -0.39 is 17.6 Å². The van der Waals surface area contributed by atoms with E-state index in [4.69, 9.17) is 0 Å². The second kappa shape index (κ2) is 8.68. The minimum absolute atomic E-state index is 0.230. The van der Waals surface area contributed by atoms with E-state index in [2.05, 4.69) is 10.6 Å². The van der Waals surface area contributed by atoms with Gasteiger partial charge in [0.2, 0.25) is 0 Å². The van der Waals surface area contributed by atoms with Crippen LogP contribution in [-0.2, 0) is 6.18 Å². The molecule has 2 aromatic carbocycles. The predicted octanol–water partition coefficient (Wildman–Crippen LogP) is 3.25. The summed E-state index contributed by atoms with van der Waals surface area (Å²) in [5, 5.41) is 5.26. The highest BCUT2D eigenvalue weighted by Gasteiger charge is 2.30. The number of nitrogens with zero attached hydrogens (tertiary/aromatic N) is 1. The summed E-state index contributed by atoms with van der Waals surface area (Å²) in [6, 6.07) is 10.3. The number of benzene rings is 2. The van der Waals surface area contributed by atoms with Gasteiger partial charge in [-0.15, -0.1) is 0 Å². The lowest BCUT2D eigenvalue weighted by molar-refractivity contribution is -0.137. The zero-order valence-electron chi connectivity index (χ0n) is 14.9. The monoisotopic (exact) mass is 379 g/mol. The van der Waals surface area contributed by atoms with Crippen molar-refractivity contribution in [2.45, 2.75) is 6.18 Å². The summed E-state index contributed by atoms with van der Waals surface area (Å²) in [6.45, 7) is 1.15. The summed E-state index contributed by atoms with van der Waals surface area (Å²) in [5.41, 5.74) is -0.00490. The molecule has 0 spiro atoms. The molecule has 2 amide bonds. The number of carbonyl (C=O) groups excluding carboxylic acids is 2. The van der Waals surface area contributed by atoms with Crippen molar-refractivity contribution < 1.29 is 22.8 Å². The van der Waals surface area contributed by atoms with Crippen molar-refractivity contribution in [3.63, 3.8) is 0 Å². The number of carbonyl (C=O) groups is 2. The van der Waals surface area contributed by atoms with Crippen molar-refractivity contribution in [2.24, 2.45) is 0 Å². The van der Waals surface area contributed by atoms with Crippen LogP contribution in [0.3, 0.4) is 0 Å². The average molecular weight is 379 g/mol. The molecule has 2 aromatic rings. The van der Waals surface area contributed by atoms with E-state index in [9.17, 15) is 22.8 Å². The molecule has 0 radical (unpaired) electrons. The number of rotatable bonds is 6. The molecule has 0 heterocycles. The third-order valence-electron chi connectivity index (χ3n) is 3.70. The molecule has 0 aliphatic rings. The Labute approximate surface area is 155 Å². The number of hydrogen-bond donors (Lipinski definition) is 2. The Bertz CT molecular complexity index is 803. The minimum atomic E-state index is -4.43. The van der Waals surface area contributed by atoms with Gasteiger partial charge in [0.25, 0.3) is 11.8 Å². The van der Waals surface area contributed by atoms with Gasteiger partial charge in [-0.1, -0.05) is 6.07 Å². The Morgan fingerprint density at radius 3 is 2.11 bits per heavy atom. The predicted molar refractivity (Wildman–Crippen MR) is 96.7 cm³/mol. The first-order chi connectivity index (χ1) is 12.7. The summed E-state index contributed by atoms with van der Waals surface area (Å²) in [6.07, 6.45) is -4.43. The number of hydrogen-bond acceptors (Lipinski definition) is 3. The zero-order valence-corrected chi connectivity index (χ0v) is 14.9. The van der Waals surface area contributed by atoms with E-state index in [-0.39, 0.29) is 17.2 Å². The van der Waals surface area contributed by atoms with Crippen molar-refractivity contribution in [1.29, 1.82) is 0 Å². The Balaban J connectivity index is 2.03. The summed E-state index contributed by atoms with van der Waals surface area (Å²) in [4.78, 5) is 26.4. The van der Waals surface area contributed by atoms with Crippen LogP contribution >= 0.6 is 0 Å². The fourth-order valence-corrected chi connectivity index (χ4v) is 2.24. The second-order valence-corrected chi connectivity index (χ2v) is 6.17. The van der Waals surface area contributed by atoms with Gasteiger partial charge in [0.15, 0.2) is 0 Å².